The molecule has 7 heteroatoms. The van der Waals surface area contributed by atoms with Gasteiger partial charge in [0.1, 0.15) is 10.1 Å². The maximum absolute atomic E-state index is 12.0. The molecule has 0 spiro atoms. The summed E-state index contributed by atoms with van der Waals surface area (Å²) in [6.07, 6.45) is 25.3. The minimum absolute atomic E-state index is 0. The Morgan fingerprint density at radius 3 is 1.66 bits per heavy atom. The van der Waals surface area contributed by atoms with E-state index in [4.69, 9.17) is 0 Å². The number of fused-ring (bicyclic) bond motifs is 1. The van der Waals surface area contributed by atoms with E-state index in [0.717, 1.165) is 24.1 Å². The van der Waals surface area contributed by atoms with Gasteiger partial charge in [0.05, 0.1) is 22.4 Å². The van der Waals surface area contributed by atoms with Crippen LogP contribution in [-0.4, -0.2) is 19.1 Å². The van der Waals surface area contributed by atoms with Gasteiger partial charge in [-0.15, -0.1) is 0 Å². The van der Waals surface area contributed by atoms with E-state index in [0.29, 0.717) is 12.2 Å². The molecule has 0 aromatic heterocycles. The Morgan fingerprint density at radius 2 is 1.17 bits per heavy atom. The molecule has 0 saturated carbocycles. The smallest absolute Gasteiger partial charge is 0.744 e. The van der Waals surface area contributed by atoms with Gasteiger partial charge in [0.15, 0.2) is 0 Å². The van der Waals surface area contributed by atoms with Crippen LogP contribution in [0.5, 0.6) is 0 Å². The zero-order valence-corrected chi connectivity index (χ0v) is 29.9. The molecule has 0 bridgehead atoms. The number of rotatable bonds is 22. The average molecular weight is 609 g/mol. The molecule has 0 radical (unpaired) electrons. The third kappa shape index (κ3) is 13.8. The van der Waals surface area contributed by atoms with Crippen molar-refractivity contribution in [2.45, 2.75) is 147 Å². The molecule has 1 atom stereocenters. The number of nitrogens with one attached hydrogen (secondary N) is 1. The number of benzene rings is 2. The molecule has 1 heterocycles. The summed E-state index contributed by atoms with van der Waals surface area (Å²) in [6.45, 7) is 2.85. The van der Waals surface area contributed by atoms with Crippen LogP contribution in [0.4, 0.5) is 11.4 Å². The molecule has 1 aliphatic heterocycles. The van der Waals surface area contributed by atoms with Crippen molar-refractivity contribution in [3.63, 3.8) is 0 Å². The SMILES string of the molecule is CCCCCCCCCCCCCCCCCCCCC1Nc2cccc(S(=O)(=O)[O-])c2N1Cc1ccccc1.[K+]. The summed E-state index contributed by atoms with van der Waals surface area (Å²) < 4.78 is 36.1. The Labute approximate surface area is 293 Å². The van der Waals surface area contributed by atoms with Crippen LogP contribution in [-0.2, 0) is 16.7 Å². The molecule has 224 valence electrons. The van der Waals surface area contributed by atoms with Crippen LogP contribution in [0.25, 0.3) is 0 Å². The van der Waals surface area contributed by atoms with Gasteiger partial charge in [-0.1, -0.05) is 152 Å². The molecular weight excluding hydrogens is 556 g/mol. The van der Waals surface area contributed by atoms with Crippen molar-refractivity contribution in [3.05, 3.63) is 54.1 Å². The third-order valence-electron chi connectivity index (χ3n) is 8.28. The van der Waals surface area contributed by atoms with Gasteiger partial charge < -0.3 is 14.8 Å². The number of nitrogens with zero attached hydrogens (tertiary/aromatic N) is 1. The fourth-order valence-electron chi connectivity index (χ4n) is 5.99. The van der Waals surface area contributed by atoms with E-state index in [1.165, 1.54) is 115 Å². The first-order valence-corrected chi connectivity index (χ1v) is 17.6. The molecule has 2 aromatic carbocycles. The molecular formula is C34H53KN2O3S. The second kappa shape index (κ2) is 21.3. The molecule has 0 amide bonds. The van der Waals surface area contributed by atoms with Crippen molar-refractivity contribution in [1.82, 2.24) is 0 Å². The number of anilines is 2. The Hall–Kier alpha value is -0.414. The fourth-order valence-corrected chi connectivity index (χ4v) is 6.70. The van der Waals surface area contributed by atoms with Gasteiger partial charge in [0.2, 0.25) is 0 Å². The molecule has 1 unspecified atom stereocenters. The van der Waals surface area contributed by atoms with Gasteiger partial charge in [-0.2, -0.15) is 0 Å². The van der Waals surface area contributed by atoms with Crippen molar-refractivity contribution in [3.8, 4) is 0 Å². The van der Waals surface area contributed by atoms with Gasteiger partial charge in [-0.3, -0.25) is 0 Å². The average Bonchev–Trinajstić information content (AvgIpc) is 3.29. The van der Waals surface area contributed by atoms with E-state index in [-0.39, 0.29) is 62.4 Å². The second-order valence-electron chi connectivity index (χ2n) is 11.7. The van der Waals surface area contributed by atoms with Crippen LogP contribution in [0.3, 0.4) is 0 Å². The topological polar surface area (TPSA) is 72.5 Å². The molecule has 5 nitrogen and oxygen atoms in total. The maximum atomic E-state index is 12.0. The van der Waals surface area contributed by atoms with Crippen molar-refractivity contribution < 1.29 is 64.4 Å². The summed E-state index contributed by atoms with van der Waals surface area (Å²) in [4.78, 5) is 1.94. The summed E-state index contributed by atoms with van der Waals surface area (Å²) in [6, 6.07) is 15.0. The van der Waals surface area contributed by atoms with E-state index >= 15 is 0 Å². The first-order valence-electron chi connectivity index (χ1n) is 16.2. The fraction of sp³-hybridized carbons (Fsp3) is 0.647. The van der Waals surface area contributed by atoms with Crippen LogP contribution in [0.2, 0.25) is 0 Å². The minimum Gasteiger partial charge on any atom is -0.744 e. The largest absolute Gasteiger partial charge is 1.00 e. The van der Waals surface area contributed by atoms with Crippen LogP contribution in [0, 0.1) is 0 Å². The number of para-hydroxylation sites is 1. The minimum atomic E-state index is -4.56. The number of hydrogen-bond donors (Lipinski definition) is 1. The molecule has 0 saturated heterocycles. The van der Waals surface area contributed by atoms with Gasteiger partial charge in [-0.05, 0) is 30.5 Å². The van der Waals surface area contributed by atoms with Crippen LogP contribution < -0.4 is 61.6 Å². The summed E-state index contributed by atoms with van der Waals surface area (Å²) in [5, 5.41) is 3.50. The summed E-state index contributed by atoms with van der Waals surface area (Å²) in [5.74, 6) is 0. The monoisotopic (exact) mass is 608 g/mol. The number of unbranched alkanes of at least 4 members (excludes halogenated alkanes) is 17. The summed E-state index contributed by atoms with van der Waals surface area (Å²) in [5.41, 5.74) is 2.35. The van der Waals surface area contributed by atoms with Gasteiger partial charge in [0, 0.05) is 6.54 Å². The molecule has 2 aromatic rings. The summed E-state index contributed by atoms with van der Waals surface area (Å²) in [7, 11) is -4.56. The molecule has 3 rings (SSSR count). The standard InChI is InChI=1S/C34H54N2O3S.K/c1-2-3-4-5-6-7-8-9-10-11-12-13-14-15-16-17-18-22-28-33-35-31-26-23-27-32(40(37,38)39)34(31)36(33)29-30-24-20-19-21-25-30;/h19-21,23-27,33,35H,2-18,22,28-29H2,1H3,(H,37,38,39);/q;+1/p-1. The predicted octanol–water partition coefficient (Wildman–Crippen LogP) is 6.78. The van der Waals surface area contributed by atoms with Crippen LogP contribution in [0.1, 0.15) is 134 Å². The van der Waals surface area contributed by atoms with E-state index in [1.54, 1.807) is 6.07 Å². The Morgan fingerprint density at radius 1 is 0.683 bits per heavy atom. The number of hydrogen-bond acceptors (Lipinski definition) is 5. The first-order chi connectivity index (χ1) is 19.5. The Balaban J connectivity index is 0.00000588. The zero-order valence-electron chi connectivity index (χ0n) is 25.9. The van der Waals surface area contributed by atoms with Crippen LogP contribution >= 0.6 is 0 Å². The molecule has 1 aliphatic rings. The van der Waals surface area contributed by atoms with Crippen molar-refractivity contribution >= 4 is 21.5 Å². The first kappa shape index (κ1) is 36.8. The van der Waals surface area contributed by atoms with E-state index < -0.39 is 10.1 Å². The third-order valence-corrected chi connectivity index (χ3v) is 9.15. The maximum Gasteiger partial charge on any atom is 1.00 e. The second-order valence-corrected chi connectivity index (χ2v) is 13.0. The zero-order chi connectivity index (χ0) is 28.5. The van der Waals surface area contributed by atoms with E-state index in [2.05, 4.69) is 17.1 Å². The Kier molecular flexibility index (Phi) is 19.1. The van der Waals surface area contributed by atoms with Gasteiger partial charge in [0.25, 0.3) is 0 Å². The molecule has 41 heavy (non-hydrogen) atoms. The van der Waals surface area contributed by atoms with Gasteiger partial charge >= 0.3 is 51.4 Å². The molecule has 0 fully saturated rings. The van der Waals surface area contributed by atoms with Crippen molar-refractivity contribution in [2.24, 2.45) is 0 Å². The predicted molar refractivity (Wildman–Crippen MR) is 168 cm³/mol. The van der Waals surface area contributed by atoms with E-state index in [1.807, 2.05) is 36.4 Å². The van der Waals surface area contributed by atoms with E-state index in [9.17, 15) is 13.0 Å². The quantitative estimate of drug-likeness (QED) is 0.0906. The molecule has 0 aliphatic carbocycles. The molecule has 1 N–H and O–H groups in total. The van der Waals surface area contributed by atoms with Crippen molar-refractivity contribution in [2.75, 3.05) is 10.2 Å². The summed E-state index contributed by atoms with van der Waals surface area (Å²) >= 11 is 0. The van der Waals surface area contributed by atoms with Crippen molar-refractivity contribution in [1.29, 1.82) is 0 Å². The van der Waals surface area contributed by atoms with Crippen LogP contribution in [0.15, 0.2) is 53.4 Å². The normalized spacial score (nSPS) is 14.5. The Bertz CT molecular complexity index is 1060. The van der Waals surface area contributed by atoms with Gasteiger partial charge in [-0.25, -0.2) is 8.42 Å².